The highest BCUT2D eigenvalue weighted by Crippen LogP contribution is 2.32. The summed E-state index contributed by atoms with van der Waals surface area (Å²) in [7, 11) is 4.01. The molecule has 3 heterocycles. The second kappa shape index (κ2) is 10.6. The number of amides is 1. The molecule has 38 heavy (non-hydrogen) atoms. The number of benzene rings is 2. The fraction of sp³-hybridized carbons (Fsp3) is 0.379. The van der Waals surface area contributed by atoms with Crippen LogP contribution in [-0.4, -0.2) is 54.1 Å². The number of carbonyl (C=O) groups is 1. The van der Waals surface area contributed by atoms with Gasteiger partial charge in [0.05, 0.1) is 12.1 Å². The van der Waals surface area contributed by atoms with Crippen molar-refractivity contribution in [1.82, 2.24) is 20.3 Å². The lowest BCUT2D eigenvalue weighted by atomic mass is 9.86. The average Bonchev–Trinajstić information content (AvgIpc) is 3.62. The maximum atomic E-state index is 12.8. The number of nitrogens with one attached hydrogen (secondary N) is 2. The van der Waals surface area contributed by atoms with Crippen molar-refractivity contribution in [3.05, 3.63) is 59.1 Å². The number of nitrogens with zero attached hydrogens (tertiary/aromatic N) is 4. The van der Waals surface area contributed by atoms with E-state index < -0.39 is 0 Å². The smallest absolute Gasteiger partial charge is 0.270 e. The molecule has 196 valence electrons. The van der Waals surface area contributed by atoms with Crippen LogP contribution in [0.25, 0.3) is 21.5 Å². The van der Waals surface area contributed by atoms with Gasteiger partial charge in [0.25, 0.3) is 5.91 Å². The molecule has 0 unspecified atom stereocenters. The van der Waals surface area contributed by atoms with Crippen molar-refractivity contribution in [3.63, 3.8) is 0 Å². The van der Waals surface area contributed by atoms with E-state index in [1.54, 1.807) is 0 Å². The highest BCUT2D eigenvalue weighted by atomic mass is 32.1. The van der Waals surface area contributed by atoms with Gasteiger partial charge in [0.15, 0.2) is 0 Å². The van der Waals surface area contributed by atoms with Crippen molar-refractivity contribution in [2.75, 3.05) is 37.5 Å². The molecule has 1 aliphatic heterocycles. The maximum Gasteiger partial charge on any atom is 0.270 e. The van der Waals surface area contributed by atoms with E-state index in [2.05, 4.69) is 27.8 Å². The molecular weight excluding hydrogens is 496 g/mol. The topological polar surface area (TPSA) is 92.3 Å². The Morgan fingerprint density at radius 3 is 2.76 bits per heavy atom. The van der Waals surface area contributed by atoms with Gasteiger partial charge >= 0.3 is 0 Å². The van der Waals surface area contributed by atoms with Gasteiger partial charge in [-0.3, -0.25) is 4.79 Å². The highest BCUT2D eigenvalue weighted by Gasteiger charge is 2.23. The van der Waals surface area contributed by atoms with Crippen LogP contribution in [-0.2, 0) is 6.42 Å². The minimum atomic E-state index is -0.0991. The van der Waals surface area contributed by atoms with Crippen LogP contribution in [0.2, 0.25) is 0 Å². The van der Waals surface area contributed by atoms with Gasteiger partial charge in [-0.2, -0.15) is 4.98 Å². The van der Waals surface area contributed by atoms with Gasteiger partial charge in [-0.15, -0.1) is 11.3 Å². The van der Waals surface area contributed by atoms with E-state index in [0.29, 0.717) is 30.1 Å². The molecule has 2 aromatic carbocycles. The Morgan fingerprint density at radius 1 is 1.08 bits per heavy atom. The highest BCUT2D eigenvalue weighted by molar-refractivity contribution is 7.13. The summed E-state index contributed by atoms with van der Waals surface area (Å²) in [6, 6.07) is 14.6. The summed E-state index contributed by atoms with van der Waals surface area (Å²) in [6.07, 6.45) is 5.07. The van der Waals surface area contributed by atoms with Gasteiger partial charge in [-0.05, 0) is 67.5 Å². The number of thiazole rings is 1. The second-order valence-electron chi connectivity index (χ2n) is 10.3. The fourth-order valence-electron chi connectivity index (χ4n) is 5.32. The number of ether oxygens (including phenoxy) is 1. The minimum absolute atomic E-state index is 0.0991. The van der Waals surface area contributed by atoms with Gasteiger partial charge in [-0.1, -0.05) is 12.1 Å². The summed E-state index contributed by atoms with van der Waals surface area (Å²) in [5, 5.41) is 10.4. The molecule has 2 aromatic heterocycles. The third-order valence-corrected chi connectivity index (χ3v) is 8.30. The summed E-state index contributed by atoms with van der Waals surface area (Å²) in [6.45, 7) is 1.41. The second-order valence-corrected chi connectivity index (χ2v) is 11.2. The van der Waals surface area contributed by atoms with Crippen molar-refractivity contribution in [2.45, 2.75) is 38.1 Å². The van der Waals surface area contributed by atoms with Crippen LogP contribution in [0.1, 0.15) is 41.7 Å². The molecule has 0 bridgehead atoms. The van der Waals surface area contributed by atoms with Gasteiger partial charge in [0, 0.05) is 49.4 Å². The van der Waals surface area contributed by atoms with E-state index in [1.165, 1.54) is 16.9 Å². The molecule has 2 aliphatic rings. The van der Waals surface area contributed by atoms with Gasteiger partial charge in [-0.25, -0.2) is 9.97 Å². The van der Waals surface area contributed by atoms with Crippen LogP contribution in [0.4, 0.5) is 11.8 Å². The van der Waals surface area contributed by atoms with Crippen LogP contribution in [0.5, 0.6) is 5.75 Å². The molecule has 2 N–H and O–H groups in total. The van der Waals surface area contributed by atoms with Crippen LogP contribution in [0.3, 0.4) is 0 Å². The largest absolute Gasteiger partial charge is 0.493 e. The van der Waals surface area contributed by atoms with Crippen molar-refractivity contribution < 1.29 is 9.53 Å². The minimum Gasteiger partial charge on any atom is -0.493 e. The van der Waals surface area contributed by atoms with E-state index in [4.69, 9.17) is 14.7 Å². The van der Waals surface area contributed by atoms with E-state index in [0.717, 1.165) is 71.8 Å². The molecule has 1 aliphatic carbocycles. The zero-order chi connectivity index (χ0) is 26.1. The molecule has 0 saturated heterocycles. The molecule has 0 radical (unpaired) electrons. The lowest BCUT2D eigenvalue weighted by Crippen LogP contribution is -2.34. The Morgan fingerprint density at radius 2 is 1.92 bits per heavy atom. The van der Waals surface area contributed by atoms with Crippen molar-refractivity contribution in [1.29, 1.82) is 0 Å². The van der Waals surface area contributed by atoms with Crippen molar-refractivity contribution in [2.24, 2.45) is 5.92 Å². The van der Waals surface area contributed by atoms with Crippen LogP contribution in [0, 0.1) is 5.92 Å². The summed E-state index contributed by atoms with van der Waals surface area (Å²) in [5.41, 5.74) is 3.68. The molecule has 8 nitrogen and oxygen atoms in total. The van der Waals surface area contributed by atoms with Crippen LogP contribution >= 0.6 is 11.3 Å². The summed E-state index contributed by atoms with van der Waals surface area (Å²) in [5.74, 6) is 2.92. The molecule has 0 atom stereocenters. The lowest BCUT2D eigenvalue weighted by Gasteiger charge is -2.29. The third kappa shape index (κ3) is 5.15. The van der Waals surface area contributed by atoms with Gasteiger partial charge in [0.1, 0.15) is 22.3 Å². The Bertz CT molecular complexity index is 1460. The first-order valence-corrected chi connectivity index (χ1v) is 14.1. The Balaban J connectivity index is 1.01. The monoisotopic (exact) mass is 528 g/mol. The van der Waals surface area contributed by atoms with Gasteiger partial charge < -0.3 is 20.3 Å². The normalized spacial score (nSPS) is 18.6. The van der Waals surface area contributed by atoms with E-state index in [9.17, 15) is 4.79 Å². The first-order valence-electron chi connectivity index (χ1n) is 13.2. The number of anilines is 2. The quantitative estimate of drug-likeness (QED) is 0.343. The molecule has 1 fully saturated rings. The molecular formula is C29H32N6O2S. The molecule has 1 saturated carbocycles. The molecule has 9 heteroatoms. The van der Waals surface area contributed by atoms with Crippen molar-refractivity contribution >= 4 is 39.9 Å². The number of hydrogen-bond acceptors (Lipinski definition) is 8. The maximum absolute atomic E-state index is 12.8. The first-order chi connectivity index (χ1) is 18.5. The zero-order valence-electron chi connectivity index (χ0n) is 21.7. The van der Waals surface area contributed by atoms with E-state index in [-0.39, 0.29) is 5.91 Å². The standard InChI is InChI=1S/C29H32N6O2S/c1-35(2)26-22-5-3-4-6-23(22)33-29(34-26)31-21-10-7-18(8-11-21)16-30-27(36)24-17-38-28(32-24)20-9-12-25-19(15-20)13-14-37-25/h3-6,9,12,15,17-18,21H,7-8,10-11,13-14,16H2,1-2H3,(H,30,36)(H,31,33,34). The van der Waals surface area contributed by atoms with Crippen LogP contribution in [0.15, 0.2) is 47.8 Å². The molecule has 0 spiro atoms. The fourth-order valence-corrected chi connectivity index (χ4v) is 6.11. The zero-order valence-corrected chi connectivity index (χ0v) is 22.6. The number of rotatable bonds is 7. The average molecular weight is 529 g/mol. The van der Waals surface area contributed by atoms with Gasteiger partial charge in [0.2, 0.25) is 5.95 Å². The number of carbonyl (C=O) groups excluding carboxylic acids is 1. The predicted molar refractivity (Wildman–Crippen MR) is 152 cm³/mol. The Kier molecular flexibility index (Phi) is 6.84. The number of aromatic nitrogens is 3. The summed E-state index contributed by atoms with van der Waals surface area (Å²) in [4.78, 5) is 29.0. The van der Waals surface area contributed by atoms with E-state index >= 15 is 0 Å². The number of para-hydroxylation sites is 1. The van der Waals surface area contributed by atoms with Crippen LogP contribution < -0.4 is 20.3 Å². The first kappa shape index (κ1) is 24.6. The Hall–Kier alpha value is -3.72. The van der Waals surface area contributed by atoms with E-state index in [1.807, 2.05) is 54.7 Å². The lowest BCUT2D eigenvalue weighted by molar-refractivity contribution is 0.0939. The summed E-state index contributed by atoms with van der Waals surface area (Å²) < 4.78 is 5.59. The number of hydrogen-bond donors (Lipinski definition) is 2. The molecule has 6 rings (SSSR count). The SMILES string of the molecule is CN(C)c1nc(NC2CCC(CNC(=O)c3csc(-c4ccc5c(c4)CCO5)n3)CC2)nc2ccccc12. The third-order valence-electron chi connectivity index (χ3n) is 7.41. The molecule has 4 aromatic rings. The number of fused-ring (bicyclic) bond motifs is 2. The Labute approximate surface area is 226 Å². The predicted octanol–water partition coefficient (Wildman–Crippen LogP) is 5.15. The molecule has 1 amide bonds. The van der Waals surface area contributed by atoms with Crippen molar-refractivity contribution in [3.8, 4) is 16.3 Å². The summed E-state index contributed by atoms with van der Waals surface area (Å²) >= 11 is 1.51.